The average Bonchev–Trinajstić information content (AvgIpc) is 3.06. The minimum atomic E-state index is -4.43. The molecule has 1 atom stereocenters. The van der Waals surface area contributed by atoms with Gasteiger partial charge in [-0.2, -0.15) is 13.2 Å². The summed E-state index contributed by atoms with van der Waals surface area (Å²) in [6.45, 7) is 1.35. The Kier molecular flexibility index (Phi) is 6.24. The van der Waals surface area contributed by atoms with Gasteiger partial charge in [0.1, 0.15) is 0 Å². The number of anilines is 1. The molecule has 3 rings (SSSR count). The largest absolute Gasteiger partial charge is 0.449 e. The third-order valence-electron chi connectivity index (χ3n) is 5.02. The number of rotatable bonds is 5. The number of amides is 1. The number of hydrogen-bond donors (Lipinski definition) is 1. The summed E-state index contributed by atoms with van der Waals surface area (Å²) >= 11 is 0. The highest BCUT2D eigenvalue weighted by Gasteiger charge is 2.30. The molecule has 1 N–H and O–H groups in total. The minimum absolute atomic E-state index is 0.298. The Morgan fingerprint density at radius 1 is 1.21 bits per heavy atom. The minimum Gasteiger partial charge on any atom is -0.449 e. The summed E-state index contributed by atoms with van der Waals surface area (Å²) in [7, 11) is 2.06. The molecule has 1 amide bonds. The van der Waals surface area contributed by atoms with Crippen molar-refractivity contribution in [2.75, 3.05) is 25.5 Å². The first kappa shape index (κ1) is 20.2. The Bertz CT molecular complexity index is 823. The molecule has 1 aliphatic heterocycles. The van der Waals surface area contributed by atoms with Crippen molar-refractivity contribution < 1.29 is 22.7 Å². The Balaban J connectivity index is 1.66. The summed E-state index contributed by atoms with van der Waals surface area (Å²) in [5.74, 6) is 0. The van der Waals surface area contributed by atoms with Crippen molar-refractivity contribution >= 4 is 11.8 Å². The van der Waals surface area contributed by atoms with E-state index in [4.69, 9.17) is 4.74 Å². The molecule has 7 heteroatoms. The molecule has 1 heterocycles. The molecule has 4 nitrogen and oxygen atoms in total. The lowest BCUT2D eigenvalue weighted by Crippen LogP contribution is -2.27. The molecular formula is C21H23F3N2O2. The van der Waals surface area contributed by atoms with Gasteiger partial charge in [-0.05, 0) is 56.6 Å². The van der Waals surface area contributed by atoms with Gasteiger partial charge in [0.15, 0.2) is 0 Å². The number of carbonyl (C=O) groups is 1. The smallest absolute Gasteiger partial charge is 0.416 e. The van der Waals surface area contributed by atoms with Crippen molar-refractivity contribution in [3.8, 4) is 11.1 Å². The second kappa shape index (κ2) is 8.65. The summed E-state index contributed by atoms with van der Waals surface area (Å²) < 4.78 is 44.3. The topological polar surface area (TPSA) is 41.6 Å². The van der Waals surface area contributed by atoms with Crippen LogP contribution in [0.1, 0.15) is 24.8 Å². The molecule has 0 aliphatic carbocycles. The van der Waals surface area contributed by atoms with E-state index in [0.717, 1.165) is 37.9 Å². The lowest BCUT2D eigenvalue weighted by atomic mass is 10.0. The van der Waals surface area contributed by atoms with Gasteiger partial charge in [-0.25, -0.2) is 4.79 Å². The molecule has 28 heavy (non-hydrogen) atoms. The molecule has 0 bridgehead atoms. The van der Waals surface area contributed by atoms with Gasteiger partial charge in [0.05, 0.1) is 17.9 Å². The number of hydrogen-bond acceptors (Lipinski definition) is 3. The first-order chi connectivity index (χ1) is 13.3. The van der Waals surface area contributed by atoms with E-state index in [0.29, 0.717) is 29.5 Å². The van der Waals surface area contributed by atoms with Gasteiger partial charge in [0, 0.05) is 11.6 Å². The SMILES string of the molecule is CN1CCCC1CCOC(=O)Nc1ccccc1-c1cccc(C(F)(F)F)c1. The number of para-hydroxylation sites is 1. The van der Waals surface area contributed by atoms with Crippen molar-refractivity contribution in [3.05, 3.63) is 54.1 Å². The highest BCUT2D eigenvalue weighted by Crippen LogP contribution is 2.34. The number of alkyl halides is 3. The molecule has 1 fully saturated rings. The summed E-state index contributed by atoms with van der Waals surface area (Å²) in [6, 6.07) is 12.2. The molecule has 1 saturated heterocycles. The molecule has 0 spiro atoms. The van der Waals surface area contributed by atoms with E-state index in [1.807, 2.05) is 0 Å². The van der Waals surface area contributed by atoms with Crippen LogP contribution in [0.15, 0.2) is 48.5 Å². The van der Waals surface area contributed by atoms with Crippen molar-refractivity contribution in [1.29, 1.82) is 0 Å². The maximum atomic E-state index is 13.0. The molecule has 0 radical (unpaired) electrons. The lowest BCUT2D eigenvalue weighted by Gasteiger charge is -2.19. The van der Waals surface area contributed by atoms with Crippen molar-refractivity contribution in [2.24, 2.45) is 0 Å². The Labute approximate surface area is 162 Å². The normalized spacial score (nSPS) is 17.5. The summed E-state index contributed by atoms with van der Waals surface area (Å²) in [5.41, 5.74) is 0.548. The van der Waals surface area contributed by atoms with Gasteiger partial charge < -0.3 is 9.64 Å². The third-order valence-corrected chi connectivity index (χ3v) is 5.02. The fourth-order valence-corrected chi connectivity index (χ4v) is 3.48. The predicted molar refractivity (Wildman–Crippen MR) is 102 cm³/mol. The highest BCUT2D eigenvalue weighted by molar-refractivity contribution is 5.91. The number of nitrogens with one attached hydrogen (secondary N) is 1. The number of nitrogens with zero attached hydrogens (tertiary/aromatic N) is 1. The molecule has 2 aromatic rings. The van der Waals surface area contributed by atoms with E-state index in [9.17, 15) is 18.0 Å². The summed E-state index contributed by atoms with van der Waals surface area (Å²) in [5, 5.41) is 2.65. The molecule has 1 aliphatic rings. The predicted octanol–water partition coefficient (Wildman–Crippen LogP) is 5.41. The number of likely N-dealkylation sites (tertiary alicyclic amines) is 1. The van der Waals surface area contributed by atoms with Gasteiger partial charge in [0.25, 0.3) is 0 Å². The number of ether oxygens (including phenoxy) is 1. The molecule has 2 aromatic carbocycles. The van der Waals surface area contributed by atoms with E-state index < -0.39 is 17.8 Å². The average molecular weight is 392 g/mol. The van der Waals surface area contributed by atoms with Crippen LogP contribution in [0, 0.1) is 0 Å². The second-order valence-electron chi connectivity index (χ2n) is 6.95. The number of carbonyl (C=O) groups excluding carboxylic acids is 1. The van der Waals surface area contributed by atoms with E-state index in [2.05, 4.69) is 17.3 Å². The van der Waals surface area contributed by atoms with Gasteiger partial charge in [-0.15, -0.1) is 0 Å². The third kappa shape index (κ3) is 5.04. The molecule has 1 unspecified atom stereocenters. The van der Waals surface area contributed by atoms with Gasteiger partial charge in [-0.3, -0.25) is 5.32 Å². The first-order valence-electron chi connectivity index (χ1n) is 9.25. The highest BCUT2D eigenvalue weighted by atomic mass is 19.4. The van der Waals surface area contributed by atoms with Gasteiger partial charge in [0.2, 0.25) is 0 Å². The van der Waals surface area contributed by atoms with Crippen LogP contribution in [-0.4, -0.2) is 37.2 Å². The van der Waals surface area contributed by atoms with Crippen LogP contribution in [0.2, 0.25) is 0 Å². The quantitative estimate of drug-likeness (QED) is 0.740. The standard InChI is InChI=1S/C21H23F3N2O2/c1-26-12-5-8-17(26)11-13-28-20(27)25-19-10-3-2-9-18(19)15-6-4-7-16(14-15)21(22,23)24/h2-4,6-7,9-10,14,17H,5,8,11-13H2,1H3,(H,25,27). The van der Waals surface area contributed by atoms with Crippen molar-refractivity contribution in [2.45, 2.75) is 31.5 Å². The van der Waals surface area contributed by atoms with Crippen molar-refractivity contribution in [3.63, 3.8) is 0 Å². The zero-order valence-electron chi connectivity index (χ0n) is 15.6. The zero-order chi connectivity index (χ0) is 20.1. The zero-order valence-corrected chi connectivity index (χ0v) is 15.6. The lowest BCUT2D eigenvalue weighted by molar-refractivity contribution is -0.137. The Morgan fingerprint density at radius 3 is 2.71 bits per heavy atom. The van der Waals surface area contributed by atoms with Crippen LogP contribution in [0.3, 0.4) is 0 Å². The van der Waals surface area contributed by atoms with Crippen LogP contribution < -0.4 is 5.32 Å². The summed E-state index contributed by atoms with van der Waals surface area (Å²) in [6.07, 6.45) is -2.03. The maximum absolute atomic E-state index is 13.0. The fraction of sp³-hybridized carbons (Fsp3) is 0.381. The van der Waals surface area contributed by atoms with Crippen LogP contribution >= 0.6 is 0 Å². The molecule has 150 valence electrons. The van der Waals surface area contributed by atoms with E-state index >= 15 is 0 Å². The van der Waals surface area contributed by atoms with Crippen molar-refractivity contribution in [1.82, 2.24) is 4.90 Å². The monoisotopic (exact) mass is 392 g/mol. The van der Waals surface area contributed by atoms with Crippen LogP contribution in [0.25, 0.3) is 11.1 Å². The second-order valence-corrected chi connectivity index (χ2v) is 6.95. The fourth-order valence-electron chi connectivity index (χ4n) is 3.48. The van der Waals surface area contributed by atoms with E-state index in [1.165, 1.54) is 6.07 Å². The Morgan fingerprint density at radius 2 is 2.00 bits per heavy atom. The maximum Gasteiger partial charge on any atom is 0.416 e. The summed E-state index contributed by atoms with van der Waals surface area (Å²) in [4.78, 5) is 14.4. The van der Waals surface area contributed by atoms with Crippen LogP contribution in [0.4, 0.5) is 23.7 Å². The molecular weight excluding hydrogens is 369 g/mol. The van der Waals surface area contributed by atoms with E-state index in [-0.39, 0.29) is 0 Å². The number of benzene rings is 2. The van der Waals surface area contributed by atoms with Crippen LogP contribution in [0.5, 0.6) is 0 Å². The van der Waals surface area contributed by atoms with Gasteiger partial charge in [-0.1, -0.05) is 30.3 Å². The number of halogens is 3. The van der Waals surface area contributed by atoms with E-state index in [1.54, 1.807) is 30.3 Å². The van der Waals surface area contributed by atoms with Crippen LogP contribution in [-0.2, 0) is 10.9 Å². The molecule has 0 aromatic heterocycles. The molecule has 0 saturated carbocycles. The first-order valence-corrected chi connectivity index (χ1v) is 9.25. The van der Waals surface area contributed by atoms with Gasteiger partial charge >= 0.3 is 12.3 Å². The Hall–Kier alpha value is -2.54.